The molecule has 1 rings (SSSR count). The fourth-order valence-electron chi connectivity index (χ4n) is 1.51. The molecule has 2 nitrogen and oxygen atoms in total. The topological polar surface area (TPSA) is 43.1 Å². The molecule has 1 aromatic rings. The van der Waals surface area contributed by atoms with E-state index in [1.807, 2.05) is 38.1 Å². The molecule has 3 heteroatoms. The van der Waals surface area contributed by atoms with Gasteiger partial charge >= 0.3 is 0 Å². The van der Waals surface area contributed by atoms with Crippen LogP contribution in [-0.4, -0.2) is 16.0 Å². The van der Waals surface area contributed by atoms with Crippen molar-refractivity contribution in [3.8, 4) is 0 Å². The molecule has 0 aliphatic carbocycles. The predicted molar refractivity (Wildman–Crippen MR) is 70.0 cm³/mol. The van der Waals surface area contributed by atoms with Crippen LogP contribution in [-0.2, 0) is 10.8 Å². The summed E-state index contributed by atoms with van der Waals surface area (Å²) in [5, 5.41) is 0. The molecule has 2 N–H and O–H groups in total. The van der Waals surface area contributed by atoms with Gasteiger partial charge in [0.05, 0.1) is 10.8 Å². The van der Waals surface area contributed by atoms with Gasteiger partial charge in [0.2, 0.25) is 0 Å². The van der Waals surface area contributed by atoms with E-state index in [-0.39, 0.29) is 6.04 Å². The van der Waals surface area contributed by atoms with Crippen molar-refractivity contribution in [2.45, 2.75) is 44.0 Å². The first-order chi connectivity index (χ1) is 7.59. The molecule has 0 saturated carbocycles. The van der Waals surface area contributed by atoms with Gasteiger partial charge < -0.3 is 5.73 Å². The summed E-state index contributed by atoms with van der Waals surface area (Å²) in [5.41, 5.74) is 6.87. The van der Waals surface area contributed by atoms with Crippen molar-refractivity contribution in [1.29, 1.82) is 0 Å². The third-order valence-electron chi connectivity index (χ3n) is 2.52. The lowest BCUT2D eigenvalue weighted by atomic mass is 10.2. The van der Waals surface area contributed by atoms with Crippen LogP contribution in [0.4, 0.5) is 0 Å². The Kier molecular flexibility index (Phi) is 5.71. The van der Waals surface area contributed by atoms with Crippen molar-refractivity contribution in [2.75, 3.05) is 5.75 Å². The van der Waals surface area contributed by atoms with Gasteiger partial charge in [0.15, 0.2) is 0 Å². The molecule has 0 aliphatic rings. The highest BCUT2D eigenvalue weighted by Gasteiger charge is 2.03. The van der Waals surface area contributed by atoms with Crippen LogP contribution in [0.2, 0.25) is 0 Å². The summed E-state index contributed by atoms with van der Waals surface area (Å²) in [5.74, 6) is 0.746. The molecule has 0 saturated heterocycles. The Morgan fingerprint density at radius 3 is 2.44 bits per heavy atom. The summed E-state index contributed by atoms with van der Waals surface area (Å²) in [4.78, 5) is 0.936. The van der Waals surface area contributed by atoms with E-state index in [9.17, 15) is 4.21 Å². The molecule has 0 spiro atoms. The molecule has 16 heavy (non-hydrogen) atoms. The van der Waals surface area contributed by atoms with Crippen molar-refractivity contribution in [3.63, 3.8) is 0 Å². The zero-order valence-electron chi connectivity index (χ0n) is 10.1. The maximum Gasteiger partial charge on any atom is 0.0529 e. The molecule has 0 amide bonds. The minimum Gasteiger partial charge on any atom is -0.328 e. The minimum absolute atomic E-state index is 0.257. The van der Waals surface area contributed by atoms with E-state index in [2.05, 4.69) is 0 Å². The third kappa shape index (κ3) is 4.90. The summed E-state index contributed by atoms with van der Waals surface area (Å²) in [6.45, 7) is 4.05. The van der Waals surface area contributed by atoms with Crippen molar-refractivity contribution < 1.29 is 4.21 Å². The molecule has 90 valence electrons. The SMILES string of the molecule is Cc1ccc(S(=O)CCCCC(C)N)cc1. The van der Waals surface area contributed by atoms with Crippen molar-refractivity contribution in [2.24, 2.45) is 5.73 Å². The van der Waals surface area contributed by atoms with E-state index >= 15 is 0 Å². The van der Waals surface area contributed by atoms with Gasteiger partial charge in [-0.25, -0.2) is 0 Å². The lowest BCUT2D eigenvalue weighted by Crippen LogP contribution is -2.14. The number of hydrogen-bond acceptors (Lipinski definition) is 2. The fourth-order valence-corrected chi connectivity index (χ4v) is 2.65. The summed E-state index contributed by atoms with van der Waals surface area (Å²) in [7, 11) is -0.847. The summed E-state index contributed by atoms with van der Waals surface area (Å²) < 4.78 is 11.9. The number of benzene rings is 1. The molecule has 1 aromatic carbocycles. The Hall–Kier alpha value is -0.670. The van der Waals surface area contributed by atoms with Gasteiger partial charge in [-0.15, -0.1) is 0 Å². The van der Waals surface area contributed by atoms with E-state index < -0.39 is 10.8 Å². The highest BCUT2D eigenvalue weighted by molar-refractivity contribution is 7.85. The fraction of sp³-hybridized carbons (Fsp3) is 0.538. The molecule has 0 aromatic heterocycles. The second-order valence-corrected chi connectivity index (χ2v) is 5.91. The average molecular weight is 239 g/mol. The highest BCUT2D eigenvalue weighted by Crippen LogP contribution is 2.10. The highest BCUT2D eigenvalue weighted by atomic mass is 32.2. The van der Waals surface area contributed by atoms with Crippen LogP contribution in [0.3, 0.4) is 0 Å². The van der Waals surface area contributed by atoms with E-state index in [4.69, 9.17) is 5.73 Å². The Bertz CT molecular complexity index is 332. The van der Waals surface area contributed by atoms with Crippen molar-refractivity contribution >= 4 is 10.8 Å². The molecule has 0 heterocycles. The molecule has 2 unspecified atom stereocenters. The zero-order chi connectivity index (χ0) is 12.0. The Morgan fingerprint density at radius 1 is 1.25 bits per heavy atom. The molecule has 0 radical (unpaired) electrons. The molecule has 0 fully saturated rings. The van der Waals surface area contributed by atoms with Gasteiger partial charge in [-0.05, 0) is 38.8 Å². The largest absolute Gasteiger partial charge is 0.328 e. The molecule has 2 atom stereocenters. The van der Waals surface area contributed by atoms with Gasteiger partial charge in [0.1, 0.15) is 0 Å². The summed E-state index contributed by atoms with van der Waals surface area (Å²) >= 11 is 0. The predicted octanol–water partition coefficient (Wildman–Crippen LogP) is 2.62. The smallest absolute Gasteiger partial charge is 0.0529 e. The second-order valence-electron chi connectivity index (χ2n) is 4.34. The van der Waals surface area contributed by atoms with E-state index in [1.165, 1.54) is 5.56 Å². The number of nitrogens with two attached hydrogens (primary N) is 1. The van der Waals surface area contributed by atoms with Gasteiger partial charge in [-0.3, -0.25) is 4.21 Å². The van der Waals surface area contributed by atoms with Crippen LogP contribution in [0.5, 0.6) is 0 Å². The Morgan fingerprint density at radius 2 is 1.88 bits per heavy atom. The first kappa shape index (κ1) is 13.4. The number of aryl methyl sites for hydroxylation is 1. The minimum atomic E-state index is -0.847. The number of hydrogen-bond donors (Lipinski definition) is 1. The Labute approximate surface area is 101 Å². The van der Waals surface area contributed by atoms with Crippen LogP contribution < -0.4 is 5.73 Å². The van der Waals surface area contributed by atoms with Crippen LogP contribution in [0.1, 0.15) is 31.7 Å². The van der Waals surface area contributed by atoms with E-state index in [0.29, 0.717) is 0 Å². The first-order valence-electron chi connectivity index (χ1n) is 5.80. The Balaban J connectivity index is 2.32. The van der Waals surface area contributed by atoms with Gasteiger partial charge in [-0.2, -0.15) is 0 Å². The van der Waals surface area contributed by atoms with Crippen molar-refractivity contribution in [1.82, 2.24) is 0 Å². The maximum absolute atomic E-state index is 11.9. The summed E-state index contributed by atoms with van der Waals surface area (Å²) in [6.07, 6.45) is 3.07. The van der Waals surface area contributed by atoms with Gasteiger partial charge in [0.25, 0.3) is 0 Å². The number of unbranched alkanes of at least 4 members (excludes halogenated alkanes) is 1. The van der Waals surface area contributed by atoms with Crippen molar-refractivity contribution in [3.05, 3.63) is 29.8 Å². The maximum atomic E-state index is 11.9. The quantitative estimate of drug-likeness (QED) is 0.775. The first-order valence-corrected chi connectivity index (χ1v) is 7.12. The summed E-state index contributed by atoms with van der Waals surface area (Å²) in [6, 6.07) is 8.19. The molecular formula is C13H21NOS. The zero-order valence-corrected chi connectivity index (χ0v) is 10.9. The average Bonchev–Trinajstić information content (AvgIpc) is 2.25. The lowest BCUT2D eigenvalue weighted by Gasteiger charge is -2.05. The van der Waals surface area contributed by atoms with Crippen LogP contribution >= 0.6 is 0 Å². The van der Waals surface area contributed by atoms with E-state index in [0.717, 1.165) is 29.9 Å². The monoisotopic (exact) mass is 239 g/mol. The van der Waals surface area contributed by atoms with Gasteiger partial charge in [0, 0.05) is 16.7 Å². The van der Waals surface area contributed by atoms with Crippen LogP contribution in [0.15, 0.2) is 29.2 Å². The van der Waals surface area contributed by atoms with E-state index in [1.54, 1.807) is 0 Å². The standard InChI is InChI=1S/C13H21NOS/c1-11-6-8-13(9-7-11)16(15)10-4-3-5-12(2)14/h6-9,12H,3-5,10,14H2,1-2H3. The molecular weight excluding hydrogens is 218 g/mol. The third-order valence-corrected chi connectivity index (χ3v) is 3.98. The van der Waals surface area contributed by atoms with Gasteiger partial charge in [-0.1, -0.05) is 24.1 Å². The normalized spacial score (nSPS) is 14.7. The number of rotatable bonds is 6. The lowest BCUT2D eigenvalue weighted by molar-refractivity contribution is 0.613. The van der Waals surface area contributed by atoms with Crippen LogP contribution in [0, 0.1) is 6.92 Å². The molecule has 0 aliphatic heterocycles. The second kappa shape index (κ2) is 6.81. The van der Waals surface area contributed by atoms with Crippen LogP contribution in [0.25, 0.3) is 0 Å². The molecule has 0 bridgehead atoms.